The van der Waals surface area contributed by atoms with E-state index in [0.717, 1.165) is 38.9 Å². The number of nitrogens with zero attached hydrogens (tertiary/aromatic N) is 4. The van der Waals surface area contributed by atoms with Crippen molar-refractivity contribution in [1.29, 1.82) is 0 Å². The van der Waals surface area contributed by atoms with Gasteiger partial charge in [0.2, 0.25) is 5.95 Å². The second-order valence-corrected chi connectivity index (χ2v) is 14.2. The van der Waals surface area contributed by atoms with Crippen molar-refractivity contribution in [3.63, 3.8) is 0 Å². The number of benzene rings is 9. The molecule has 3 aromatic heterocycles. The summed E-state index contributed by atoms with van der Waals surface area (Å²) in [6.07, 6.45) is 0. The molecule has 4 heteroatoms. The molecule has 12 rings (SSSR count). The van der Waals surface area contributed by atoms with Gasteiger partial charge in [0.05, 0.1) is 33.3 Å². The van der Waals surface area contributed by atoms with Crippen molar-refractivity contribution in [2.45, 2.75) is 0 Å². The first-order valence-corrected chi connectivity index (χ1v) is 18.4. The summed E-state index contributed by atoms with van der Waals surface area (Å²) >= 11 is 0. The summed E-state index contributed by atoms with van der Waals surface area (Å²) in [6, 6.07) is 65.5. The predicted molar refractivity (Wildman–Crippen MR) is 226 cm³/mol. The number of rotatable bonds is 3. The molecule has 0 saturated heterocycles. The van der Waals surface area contributed by atoms with Crippen LogP contribution in [0.15, 0.2) is 182 Å². The van der Waals surface area contributed by atoms with E-state index in [-0.39, 0.29) is 0 Å². The van der Waals surface area contributed by atoms with Gasteiger partial charge in [0.15, 0.2) is 0 Å². The molecule has 0 spiro atoms. The molecule has 4 nitrogen and oxygen atoms in total. The van der Waals surface area contributed by atoms with Gasteiger partial charge < -0.3 is 4.57 Å². The average Bonchev–Trinajstić information content (AvgIpc) is 3.76. The standard InChI is InChI=1S/C50H30N4/c1-2-14-34-29-35(22-21-31(34)11-1)49-39-17-7-9-19-42(39)51-50(52-49)54-45-28-24-33-13-4-6-16-38(33)48(45)41-26-25-36(30-46(41)54)53-43-20-10-8-18-40(43)47-37-15-5-3-12-32(37)23-27-44(47)53/h1-30H. The van der Waals surface area contributed by atoms with E-state index in [1.165, 1.54) is 64.9 Å². The van der Waals surface area contributed by atoms with E-state index in [2.05, 4.69) is 191 Å². The van der Waals surface area contributed by atoms with Crippen molar-refractivity contribution < 1.29 is 0 Å². The fourth-order valence-electron chi connectivity index (χ4n) is 8.87. The molecule has 0 N–H and O–H groups in total. The molecule has 0 unspecified atom stereocenters. The zero-order valence-electron chi connectivity index (χ0n) is 29.1. The Kier molecular flexibility index (Phi) is 6.02. The van der Waals surface area contributed by atoms with Crippen molar-refractivity contribution in [2.75, 3.05) is 0 Å². The van der Waals surface area contributed by atoms with Crippen LogP contribution in [0.3, 0.4) is 0 Å². The number of para-hydroxylation sites is 2. The van der Waals surface area contributed by atoms with Crippen LogP contribution in [-0.2, 0) is 0 Å². The maximum absolute atomic E-state index is 5.47. The summed E-state index contributed by atoms with van der Waals surface area (Å²) in [7, 11) is 0. The Labute approximate surface area is 309 Å². The maximum atomic E-state index is 5.47. The van der Waals surface area contributed by atoms with Gasteiger partial charge in [0.1, 0.15) is 0 Å². The van der Waals surface area contributed by atoms with Crippen LogP contribution >= 0.6 is 0 Å². The number of hydrogen-bond donors (Lipinski definition) is 0. The third kappa shape index (κ3) is 4.13. The van der Waals surface area contributed by atoms with Crippen molar-refractivity contribution >= 4 is 86.8 Å². The van der Waals surface area contributed by atoms with E-state index in [0.29, 0.717) is 5.95 Å². The van der Waals surface area contributed by atoms with Crippen LogP contribution in [-0.4, -0.2) is 19.1 Å². The van der Waals surface area contributed by atoms with Crippen LogP contribution in [0.4, 0.5) is 0 Å². The average molecular weight is 687 g/mol. The molecule has 0 aliphatic rings. The highest BCUT2D eigenvalue weighted by molar-refractivity contribution is 6.23. The van der Waals surface area contributed by atoms with Crippen LogP contribution in [0.5, 0.6) is 0 Å². The smallest absolute Gasteiger partial charge is 0.235 e. The maximum Gasteiger partial charge on any atom is 0.235 e. The number of aromatic nitrogens is 4. The van der Waals surface area contributed by atoms with Gasteiger partial charge in [-0.2, -0.15) is 0 Å². The van der Waals surface area contributed by atoms with E-state index < -0.39 is 0 Å². The summed E-state index contributed by atoms with van der Waals surface area (Å²) < 4.78 is 4.69. The fraction of sp³-hybridized carbons (Fsp3) is 0. The second-order valence-electron chi connectivity index (χ2n) is 14.2. The molecule has 0 bridgehead atoms. The minimum Gasteiger partial charge on any atom is -0.309 e. The molecule has 250 valence electrons. The highest BCUT2D eigenvalue weighted by Crippen LogP contribution is 2.41. The molecule has 54 heavy (non-hydrogen) atoms. The molecule has 0 aliphatic heterocycles. The van der Waals surface area contributed by atoms with E-state index in [1.54, 1.807) is 0 Å². The molecule has 0 fully saturated rings. The Morgan fingerprint density at radius 1 is 0.333 bits per heavy atom. The molecule has 12 aromatic rings. The number of fused-ring (bicyclic) bond motifs is 12. The molecular formula is C50H30N4. The highest BCUT2D eigenvalue weighted by atomic mass is 15.2. The van der Waals surface area contributed by atoms with Crippen molar-refractivity contribution in [3.05, 3.63) is 182 Å². The lowest BCUT2D eigenvalue weighted by molar-refractivity contribution is 1.01. The molecule has 0 saturated carbocycles. The van der Waals surface area contributed by atoms with Crippen LogP contribution in [0.2, 0.25) is 0 Å². The van der Waals surface area contributed by atoms with Crippen LogP contribution in [0.1, 0.15) is 0 Å². The zero-order valence-corrected chi connectivity index (χ0v) is 29.1. The van der Waals surface area contributed by atoms with Gasteiger partial charge in [-0.3, -0.25) is 4.57 Å². The fourth-order valence-corrected chi connectivity index (χ4v) is 8.87. The van der Waals surface area contributed by atoms with Gasteiger partial charge in [-0.1, -0.05) is 140 Å². The van der Waals surface area contributed by atoms with Gasteiger partial charge in [-0.05, 0) is 74.8 Å². The van der Waals surface area contributed by atoms with E-state index in [1.807, 2.05) is 0 Å². The minimum absolute atomic E-state index is 0.650. The van der Waals surface area contributed by atoms with Gasteiger partial charge in [0.25, 0.3) is 0 Å². The third-order valence-corrected chi connectivity index (χ3v) is 11.3. The predicted octanol–water partition coefficient (Wildman–Crippen LogP) is 13.0. The lowest BCUT2D eigenvalue weighted by atomic mass is 10.0. The topological polar surface area (TPSA) is 35.6 Å². The Morgan fingerprint density at radius 2 is 0.907 bits per heavy atom. The molecule has 3 heterocycles. The largest absolute Gasteiger partial charge is 0.309 e. The zero-order chi connectivity index (χ0) is 35.3. The molecular weight excluding hydrogens is 657 g/mol. The van der Waals surface area contributed by atoms with Crippen LogP contribution in [0.25, 0.3) is 110 Å². The van der Waals surface area contributed by atoms with Gasteiger partial charge in [0, 0.05) is 38.2 Å². The Morgan fingerprint density at radius 3 is 1.67 bits per heavy atom. The first kappa shape index (κ1) is 29.3. The highest BCUT2D eigenvalue weighted by Gasteiger charge is 2.21. The summed E-state index contributed by atoms with van der Waals surface area (Å²) in [5, 5.41) is 13.2. The van der Waals surface area contributed by atoms with Crippen molar-refractivity contribution in [2.24, 2.45) is 0 Å². The third-order valence-electron chi connectivity index (χ3n) is 11.3. The van der Waals surface area contributed by atoms with E-state index in [9.17, 15) is 0 Å². The Bertz CT molecular complexity index is 3510. The van der Waals surface area contributed by atoms with Crippen LogP contribution in [0, 0.1) is 0 Å². The Hall–Kier alpha value is -7.30. The molecule has 0 radical (unpaired) electrons. The van der Waals surface area contributed by atoms with Gasteiger partial charge >= 0.3 is 0 Å². The van der Waals surface area contributed by atoms with Crippen LogP contribution < -0.4 is 0 Å². The first-order chi connectivity index (χ1) is 26.8. The normalized spacial score (nSPS) is 12.1. The Balaban J connectivity index is 1.19. The lowest BCUT2D eigenvalue weighted by Crippen LogP contribution is -2.04. The van der Waals surface area contributed by atoms with Gasteiger partial charge in [-0.25, -0.2) is 9.97 Å². The summed E-state index contributed by atoms with van der Waals surface area (Å²) in [5.41, 5.74) is 8.49. The van der Waals surface area contributed by atoms with E-state index in [4.69, 9.17) is 9.97 Å². The van der Waals surface area contributed by atoms with Crippen molar-refractivity contribution in [1.82, 2.24) is 19.1 Å². The molecule has 0 aliphatic carbocycles. The molecule has 0 atom stereocenters. The summed E-state index contributed by atoms with van der Waals surface area (Å²) in [4.78, 5) is 10.8. The molecule has 9 aromatic carbocycles. The number of hydrogen-bond acceptors (Lipinski definition) is 2. The molecule has 0 amide bonds. The summed E-state index contributed by atoms with van der Waals surface area (Å²) in [5.74, 6) is 0.650. The quantitative estimate of drug-likeness (QED) is 0.185. The summed E-state index contributed by atoms with van der Waals surface area (Å²) in [6.45, 7) is 0. The lowest BCUT2D eigenvalue weighted by Gasteiger charge is -2.13. The minimum atomic E-state index is 0.650. The van der Waals surface area contributed by atoms with Crippen molar-refractivity contribution in [3.8, 4) is 22.9 Å². The second kappa shape index (κ2) is 11.1. The SMILES string of the molecule is c1ccc2cc(-c3nc(-n4c5cc(-n6c7ccccc7c7c8ccccc8ccc76)ccc5c5c6ccccc6ccc54)nc4ccccc34)ccc2c1. The monoisotopic (exact) mass is 686 g/mol. The first-order valence-electron chi connectivity index (χ1n) is 18.4. The van der Waals surface area contributed by atoms with Gasteiger partial charge in [-0.15, -0.1) is 0 Å². The van der Waals surface area contributed by atoms with E-state index >= 15 is 0 Å².